The highest BCUT2D eigenvalue weighted by atomic mass is 35.5. The zero-order valence-electron chi connectivity index (χ0n) is 16.8. The Morgan fingerprint density at radius 2 is 1.47 bits per heavy atom. The molecule has 0 aliphatic heterocycles. The second-order valence-corrected chi connectivity index (χ2v) is 8.17. The van der Waals surface area contributed by atoms with E-state index in [4.69, 9.17) is 11.6 Å². The number of carbonyl (C=O) groups excluding carboxylic acids is 2. The van der Waals surface area contributed by atoms with E-state index in [9.17, 15) is 14.0 Å². The van der Waals surface area contributed by atoms with Gasteiger partial charge in [-0.05, 0) is 73.4 Å². The maximum absolute atomic E-state index is 12.9. The number of urea groups is 1. The summed E-state index contributed by atoms with van der Waals surface area (Å²) in [5.41, 5.74) is 1.36. The van der Waals surface area contributed by atoms with Crippen LogP contribution in [0.4, 0.5) is 9.18 Å². The molecule has 2 aromatic rings. The molecule has 7 heteroatoms. The summed E-state index contributed by atoms with van der Waals surface area (Å²) in [5, 5.41) is 9.35. The van der Waals surface area contributed by atoms with Gasteiger partial charge in [-0.2, -0.15) is 0 Å². The predicted octanol–water partition coefficient (Wildman–Crippen LogP) is 4.51. The first-order chi connectivity index (χ1) is 14.5. The summed E-state index contributed by atoms with van der Waals surface area (Å²) in [7, 11) is 0. The van der Waals surface area contributed by atoms with Crippen LogP contribution in [0.15, 0.2) is 48.5 Å². The monoisotopic (exact) mass is 431 g/mol. The number of benzene rings is 2. The summed E-state index contributed by atoms with van der Waals surface area (Å²) in [6.07, 6.45) is 4.05. The molecule has 1 saturated carbocycles. The van der Waals surface area contributed by atoms with E-state index >= 15 is 0 Å². The number of amides is 3. The predicted molar refractivity (Wildman–Crippen MR) is 116 cm³/mol. The maximum Gasteiger partial charge on any atom is 0.315 e. The van der Waals surface area contributed by atoms with Crippen LogP contribution in [-0.2, 0) is 6.54 Å². The van der Waals surface area contributed by atoms with Crippen LogP contribution in [0.25, 0.3) is 0 Å². The van der Waals surface area contributed by atoms with E-state index in [1.165, 1.54) is 24.3 Å². The van der Waals surface area contributed by atoms with Gasteiger partial charge in [0.2, 0.25) is 0 Å². The van der Waals surface area contributed by atoms with Crippen molar-refractivity contribution in [1.82, 2.24) is 16.0 Å². The van der Waals surface area contributed by atoms with Crippen molar-refractivity contribution >= 4 is 23.5 Å². The Labute approximate surface area is 181 Å². The average molecular weight is 432 g/mol. The number of nitrogens with one attached hydrogen (secondary N) is 3. The second kappa shape index (κ2) is 11.0. The molecule has 3 rings (SSSR count). The second-order valence-electron chi connectivity index (χ2n) is 7.76. The molecule has 0 atom stereocenters. The molecular weight excluding hydrogens is 405 g/mol. The summed E-state index contributed by atoms with van der Waals surface area (Å²) in [4.78, 5) is 24.2. The van der Waals surface area contributed by atoms with Crippen molar-refractivity contribution in [3.8, 4) is 0 Å². The molecule has 160 valence electrons. The minimum atomic E-state index is -0.351. The smallest absolute Gasteiger partial charge is 0.315 e. The fraction of sp³-hybridized carbons (Fsp3) is 0.391. The van der Waals surface area contributed by atoms with E-state index in [0.29, 0.717) is 42.1 Å². The first-order valence-electron chi connectivity index (χ1n) is 10.3. The molecule has 0 unspecified atom stereocenters. The zero-order valence-corrected chi connectivity index (χ0v) is 17.6. The van der Waals surface area contributed by atoms with E-state index in [1.54, 1.807) is 6.07 Å². The molecule has 2 aromatic carbocycles. The summed E-state index contributed by atoms with van der Waals surface area (Å²) in [5.74, 6) is 0.352. The topological polar surface area (TPSA) is 70.2 Å². The van der Waals surface area contributed by atoms with Gasteiger partial charge in [0.25, 0.3) is 5.91 Å². The summed E-state index contributed by atoms with van der Waals surface area (Å²) >= 11 is 6.09. The molecule has 0 radical (unpaired) electrons. The standard InChI is InChI=1S/C23H27ClFN3O2/c24-21-4-2-1-3-19(21)15-28-23(30)27-14-17-7-5-16(6-8-17)13-26-22(29)18-9-11-20(25)12-10-18/h1-4,9-12,16-17H,5-8,13-15H2,(H,26,29)(H2,27,28,30). The van der Waals surface area contributed by atoms with Crippen molar-refractivity contribution in [2.24, 2.45) is 11.8 Å². The lowest BCUT2D eigenvalue weighted by Crippen LogP contribution is -2.39. The van der Waals surface area contributed by atoms with Gasteiger partial charge in [-0.25, -0.2) is 9.18 Å². The number of rotatable bonds is 7. The molecule has 1 fully saturated rings. The van der Waals surface area contributed by atoms with Gasteiger partial charge in [-0.1, -0.05) is 29.8 Å². The van der Waals surface area contributed by atoms with Gasteiger partial charge < -0.3 is 16.0 Å². The maximum atomic E-state index is 12.9. The highest BCUT2D eigenvalue weighted by molar-refractivity contribution is 6.31. The van der Waals surface area contributed by atoms with Crippen LogP contribution in [0.2, 0.25) is 5.02 Å². The minimum Gasteiger partial charge on any atom is -0.352 e. The number of halogens is 2. The zero-order chi connectivity index (χ0) is 21.3. The van der Waals surface area contributed by atoms with Crippen LogP contribution in [0.3, 0.4) is 0 Å². The quantitative estimate of drug-likeness (QED) is 0.603. The molecule has 30 heavy (non-hydrogen) atoms. The first kappa shape index (κ1) is 22.1. The van der Waals surface area contributed by atoms with Crippen LogP contribution in [-0.4, -0.2) is 25.0 Å². The van der Waals surface area contributed by atoms with Crippen molar-refractivity contribution in [2.45, 2.75) is 32.2 Å². The molecule has 5 nitrogen and oxygen atoms in total. The van der Waals surface area contributed by atoms with E-state index in [-0.39, 0.29) is 17.8 Å². The first-order valence-corrected chi connectivity index (χ1v) is 10.7. The van der Waals surface area contributed by atoms with Crippen molar-refractivity contribution in [1.29, 1.82) is 0 Å². The molecule has 0 aromatic heterocycles. The van der Waals surface area contributed by atoms with Crippen molar-refractivity contribution in [3.05, 3.63) is 70.5 Å². The van der Waals surface area contributed by atoms with Crippen LogP contribution < -0.4 is 16.0 Å². The lowest BCUT2D eigenvalue weighted by atomic mass is 9.82. The van der Waals surface area contributed by atoms with Crippen molar-refractivity contribution < 1.29 is 14.0 Å². The van der Waals surface area contributed by atoms with Gasteiger partial charge in [-0.3, -0.25) is 4.79 Å². The van der Waals surface area contributed by atoms with E-state index in [0.717, 1.165) is 31.2 Å². The third-order valence-electron chi connectivity index (χ3n) is 5.57. The number of hydrogen-bond acceptors (Lipinski definition) is 2. The number of carbonyl (C=O) groups is 2. The molecule has 0 heterocycles. The van der Waals surface area contributed by atoms with Crippen LogP contribution in [0.5, 0.6) is 0 Å². The van der Waals surface area contributed by atoms with Gasteiger partial charge in [0, 0.05) is 30.2 Å². The fourth-order valence-corrected chi connectivity index (χ4v) is 3.90. The van der Waals surface area contributed by atoms with E-state index < -0.39 is 0 Å². The lowest BCUT2D eigenvalue weighted by molar-refractivity contribution is 0.0941. The van der Waals surface area contributed by atoms with Crippen LogP contribution >= 0.6 is 11.6 Å². The SMILES string of the molecule is O=C(NCc1ccccc1Cl)NCC1CCC(CNC(=O)c2ccc(F)cc2)CC1. The molecule has 3 N–H and O–H groups in total. The van der Waals surface area contributed by atoms with Crippen molar-refractivity contribution in [3.63, 3.8) is 0 Å². The Balaban J connectivity index is 1.30. The highest BCUT2D eigenvalue weighted by Gasteiger charge is 2.22. The molecular formula is C23H27ClFN3O2. The van der Waals surface area contributed by atoms with E-state index in [2.05, 4.69) is 16.0 Å². The van der Waals surface area contributed by atoms with Gasteiger partial charge in [0.15, 0.2) is 0 Å². The molecule has 0 spiro atoms. The van der Waals surface area contributed by atoms with Gasteiger partial charge in [0.05, 0.1) is 0 Å². The van der Waals surface area contributed by atoms with Gasteiger partial charge in [0.1, 0.15) is 5.82 Å². The molecule has 1 aliphatic rings. The Hall–Kier alpha value is -2.60. The normalized spacial score (nSPS) is 18.5. The molecule has 0 saturated heterocycles. The molecule has 1 aliphatic carbocycles. The molecule has 0 bridgehead atoms. The largest absolute Gasteiger partial charge is 0.352 e. The van der Waals surface area contributed by atoms with Crippen LogP contribution in [0.1, 0.15) is 41.6 Å². The average Bonchev–Trinajstić information content (AvgIpc) is 2.76. The number of hydrogen-bond donors (Lipinski definition) is 3. The Morgan fingerprint density at radius 3 is 2.10 bits per heavy atom. The summed E-state index contributed by atoms with van der Waals surface area (Å²) in [6, 6.07) is 12.8. The Morgan fingerprint density at radius 1 is 0.867 bits per heavy atom. The third-order valence-corrected chi connectivity index (χ3v) is 5.94. The highest BCUT2D eigenvalue weighted by Crippen LogP contribution is 2.28. The van der Waals surface area contributed by atoms with Gasteiger partial charge >= 0.3 is 6.03 Å². The van der Waals surface area contributed by atoms with Crippen molar-refractivity contribution in [2.75, 3.05) is 13.1 Å². The Kier molecular flexibility index (Phi) is 8.08. The van der Waals surface area contributed by atoms with Crippen LogP contribution in [0, 0.1) is 17.7 Å². The minimum absolute atomic E-state index is 0.172. The summed E-state index contributed by atoms with van der Waals surface area (Å²) in [6.45, 7) is 1.66. The molecule has 3 amide bonds. The third kappa shape index (κ3) is 6.73. The lowest BCUT2D eigenvalue weighted by Gasteiger charge is -2.28. The van der Waals surface area contributed by atoms with E-state index in [1.807, 2.05) is 18.2 Å². The fourth-order valence-electron chi connectivity index (χ4n) is 3.70. The summed E-state index contributed by atoms with van der Waals surface area (Å²) < 4.78 is 12.9. The Bertz CT molecular complexity index is 852. The van der Waals surface area contributed by atoms with Gasteiger partial charge in [-0.15, -0.1) is 0 Å².